The van der Waals surface area contributed by atoms with E-state index in [1.54, 1.807) is 32.2 Å². The lowest BCUT2D eigenvalue weighted by Crippen LogP contribution is -2.18. The SMILES string of the molecule is CCOC(=O)c1cnn(-c2cc(C)c3cccc(OC)c3n2)c1NC(=O)c1ccc2c(c1)CC(=O)N2. The molecule has 2 N–H and O–H groups in total. The van der Waals surface area contributed by atoms with E-state index in [0.29, 0.717) is 28.3 Å². The van der Waals surface area contributed by atoms with Gasteiger partial charge in [0.05, 0.1) is 26.3 Å². The van der Waals surface area contributed by atoms with E-state index in [1.807, 2.05) is 31.2 Å². The summed E-state index contributed by atoms with van der Waals surface area (Å²) in [4.78, 5) is 42.3. The predicted octanol–water partition coefficient (Wildman–Crippen LogP) is 3.66. The van der Waals surface area contributed by atoms with Gasteiger partial charge in [-0.2, -0.15) is 9.78 Å². The maximum atomic E-state index is 13.2. The minimum Gasteiger partial charge on any atom is -0.494 e. The van der Waals surface area contributed by atoms with E-state index in [-0.39, 0.29) is 30.3 Å². The van der Waals surface area contributed by atoms with Crippen LogP contribution in [0.25, 0.3) is 16.7 Å². The Morgan fingerprint density at radius 2 is 2.03 bits per heavy atom. The number of nitrogens with one attached hydrogen (secondary N) is 2. The zero-order chi connectivity index (χ0) is 25.4. The molecule has 10 nitrogen and oxygen atoms in total. The fourth-order valence-electron chi connectivity index (χ4n) is 4.20. The van der Waals surface area contributed by atoms with Crippen molar-refractivity contribution >= 4 is 40.2 Å². The molecule has 182 valence electrons. The zero-order valence-electron chi connectivity index (χ0n) is 19.9. The van der Waals surface area contributed by atoms with Crippen molar-refractivity contribution in [3.63, 3.8) is 0 Å². The van der Waals surface area contributed by atoms with E-state index in [0.717, 1.165) is 16.5 Å². The molecule has 4 aromatic rings. The second kappa shape index (κ2) is 9.14. The lowest BCUT2D eigenvalue weighted by Gasteiger charge is -2.13. The first-order valence-electron chi connectivity index (χ1n) is 11.3. The molecule has 1 aliphatic heterocycles. The summed E-state index contributed by atoms with van der Waals surface area (Å²) >= 11 is 0. The molecule has 2 aromatic heterocycles. The van der Waals surface area contributed by atoms with Crippen molar-refractivity contribution in [3.05, 3.63) is 70.9 Å². The first kappa shape index (κ1) is 23.0. The number of carbonyl (C=O) groups excluding carboxylic acids is 3. The maximum absolute atomic E-state index is 13.2. The Labute approximate surface area is 206 Å². The van der Waals surface area contributed by atoms with Crippen LogP contribution in [0.4, 0.5) is 11.5 Å². The number of methoxy groups -OCH3 is 1. The van der Waals surface area contributed by atoms with Gasteiger partial charge in [-0.1, -0.05) is 12.1 Å². The number of fused-ring (bicyclic) bond motifs is 2. The first-order valence-corrected chi connectivity index (χ1v) is 11.3. The minimum absolute atomic E-state index is 0.0859. The highest BCUT2D eigenvalue weighted by Gasteiger charge is 2.25. The molecular weight excluding hydrogens is 462 g/mol. The smallest absolute Gasteiger partial charge is 0.343 e. The van der Waals surface area contributed by atoms with Gasteiger partial charge in [-0.15, -0.1) is 0 Å². The minimum atomic E-state index is -0.627. The van der Waals surface area contributed by atoms with Gasteiger partial charge in [0.25, 0.3) is 5.91 Å². The number of rotatable bonds is 6. The van der Waals surface area contributed by atoms with Crippen molar-refractivity contribution in [2.75, 3.05) is 24.4 Å². The number of benzene rings is 2. The van der Waals surface area contributed by atoms with E-state index in [1.165, 1.54) is 10.9 Å². The molecule has 1 aliphatic rings. The third kappa shape index (κ3) is 4.02. The van der Waals surface area contributed by atoms with E-state index >= 15 is 0 Å². The summed E-state index contributed by atoms with van der Waals surface area (Å²) in [6.07, 6.45) is 1.53. The van der Waals surface area contributed by atoms with Crippen LogP contribution in [0.5, 0.6) is 5.75 Å². The summed E-state index contributed by atoms with van der Waals surface area (Å²) in [6.45, 7) is 3.79. The molecule has 0 unspecified atom stereocenters. The van der Waals surface area contributed by atoms with Gasteiger partial charge in [0.1, 0.15) is 16.8 Å². The largest absolute Gasteiger partial charge is 0.494 e. The number of anilines is 2. The molecule has 0 atom stereocenters. The normalized spacial score (nSPS) is 12.2. The van der Waals surface area contributed by atoms with Gasteiger partial charge >= 0.3 is 5.97 Å². The molecule has 3 heterocycles. The van der Waals surface area contributed by atoms with Gasteiger partial charge in [-0.3, -0.25) is 9.59 Å². The van der Waals surface area contributed by atoms with Crippen molar-refractivity contribution in [3.8, 4) is 11.6 Å². The number of aryl methyl sites for hydroxylation is 1. The molecule has 0 spiro atoms. The number of esters is 1. The van der Waals surface area contributed by atoms with Crippen molar-refractivity contribution < 1.29 is 23.9 Å². The number of amides is 2. The Bertz CT molecular complexity index is 1540. The van der Waals surface area contributed by atoms with Crippen molar-refractivity contribution in [2.24, 2.45) is 0 Å². The van der Waals surface area contributed by atoms with Gasteiger partial charge in [0, 0.05) is 16.6 Å². The highest BCUT2D eigenvalue weighted by molar-refractivity contribution is 6.09. The summed E-state index contributed by atoms with van der Waals surface area (Å²) in [5.41, 5.74) is 3.36. The van der Waals surface area contributed by atoms with Gasteiger partial charge in [0.15, 0.2) is 11.6 Å². The van der Waals surface area contributed by atoms with Crippen molar-refractivity contribution in [2.45, 2.75) is 20.3 Å². The summed E-state index contributed by atoms with van der Waals surface area (Å²) < 4.78 is 12.0. The lowest BCUT2D eigenvalue weighted by atomic mass is 10.1. The number of hydrogen-bond donors (Lipinski definition) is 2. The standard InChI is InChI=1S/C26H23N5O5/c1-4-36-26(34)18-13-27-31(21-10-14(2)17-6-5-7-20(35-3)23(17)29-21)24(18)30-25(33)15-8-9-19-16(11-15)12-22(32)28-19/h5-11,13H,4,12H2,1-3H3,(H,28,32)(H,30,33). The second-order valence-corrected chi connectivity index (χ2v) is 8.24. The molecule has 2 amide bonds. The van der Waals surface area contributed by atoms with E-state index in [4.69, 9.17) is 14.5 Å². The monoisotopic (exact) mass is 485 g/mol. The van der Waals surface area contributed by atoms with Gasteiger partial charge < -0.3 is 20.1 Å². The molecular formula is C26H23N5O5. The van der Waals surface area contributed by atoms with Crippen molar-refractivity contribution in [1.82, 2.24) is 14.8 Å². The van der Waals surface area contributed by atoms with Crippen LogP contribution in [0.3, 0.4) is 0 Å². The fourth-order valence-corrected chi connectivity index (χ4v) is 4.20. The molecule has 36 heavy (non-hydrogen) atoms. The summed E-state index contributed by atoms with van der Waals surface area (Å²) in [5, 5.41) is 10.8. The van der Waals surface area contributed by atoms with Crippen molar-refractivity contribution in [1.29, 1.82) is 0 Å². The van der Waals surface area contributed by atoms with Crippen LogP contribution in [-0.2, 0) is 16.0 Å². The van der Waals surface area contributed by atoms with Crippen LogP contribution < -0.4 is 15.4 Å². The van der Waals surface area contributed by atoms with Crippen LogP contribution in [0.15, 0.2) is 48.7 Å². The maximum Gasteiger partial charge on any atom is 0.343 e. The molecule has 0 bridgehead atoms. The summed E-state index contributed by atoms with van der Waals surface area (Å²) in [5.74, 6) is -0.133. The molecule has 0 aliphatic carbocycles. The van der Waals surface area contributed by atoms with Gasteiger partial charge in [-0.05, 0) is 55.3 Å². The molecule has 0 saturated carbocycles. The Hall–Kier alpha value is -4.73. The van der Waals surface area contributed by atoms with E-state index < -0.39 is 11.9 Å². The van der Waals surface area contributed by atoms with Crippen LogP contribution in [0, 0.1) is 6.92 Å². The molecule has 10 heteroatoms. The van der Waals surface area contributed by atoms with Crippen LogP contribution in [0.2, 0.25) is 0 Å². The van der Waals surface area contributed by atoms with E-state index in [9.17, 15) is 14.4 Å². The van der Waals surface area contributed by atoms with E-state index in [2.05, 4.69) is 15.7 Å². The average Bonchev–Trinajstić information content (AvgIpc) is 3.45. The third-order valence-corrected chi connectivity index (χ3v) is 5.92. The Balaban J connectivity index is 1.59. The van der Waals surface area contributed by atoms with Gasteiger partial charge in [-0.25, -0.2) is 9.78 Å². The molecule has 0 fully saturated rings. The summed E-state index contributed by atoms with van der Waals surface area (Å²) in [6, 6.07) is 12.4. The number of nitrogens with zero attached hydrogens (tertiary/aromatic N) is 3. The first-order chi connectivity index (χ1) is 17.4. The fraction of sp³-hybridized carbons (Fsp3) is 0.192. The molecule has 0 saturated heterocycles. The molecule has 2 aromatic carbocycles. The topological polar surface area (TPSA) is 124 Å². The number of para-hydroxylation sites is 1. The predicted molar refractivity (Wildman–Crippen MR) is 133 cm³/mol. The highest BCUT2D eigenvalue weighted by atomic mass is 16.5. The number of ether oxygens (including phenoxy) is 2. The quantitative estimate of drug-likeness (QED) is 0.399. The Morgan fingerprint density at radius 1 is 1.19 bits per heavy atom. The highest BCUT2D eigenvalue weighted by Crippen LogP contribution is 2.30. The van der Waals surface area contributed by atoms with Gasteiger partial charge in [0.2, 0.25) is 5.91 Å². The lowest BCUT2D eigenvalue weighted by molar-refractivity contribution is -0.115. The second-order valence-electron chi connectivity index (χ2n) is 8.24. The number of pyridine rings is 1. The van der Waals surface area contributed by atoms with Crippen LogP contribution in [0.1, 0.15) is 38.8 Å². The van der Waals surface area contributed by atoms with Crippen LogP contribution in [-0.4, -0.2) is 46.3 Å². The number of carbonyl (C=O) groups is 3. The van der Waals surface area contributed by atoms with Crippen LogP contribution >= 0.6 is 0 Å². The molecule has 5 rings (SSSR count). The molecule has 0 radical (unpaired) electrons. The Morgan fingerprint density at radius 3 is 2.81 bits per heavy atom. The summed E-state index contributed by atoms with van der Waals surface area (Å²) in [7, 11) is 1.57. The zero-order valence-corrected chi connectivity index (χ0v) is 19.9. The number of hydrogen-bond acceptors (Lipinski definition) is 7. The number of aromatic nitrogens is 3. The third-order valence-electron chi connectivity index (χ3n) is 5.92. The average molecular weight is 486 g/mol. The Kier molecular flexibility index (Phi) is 5.85.